The van der Waals surface area contributed by atoms with Crippen LogP contribution in [0.25, 0.3) is 22.0 Å². The van der Waals surface area contributed by atoms with Crippen LogP contribution in [0.2, 0.25) is 0 Å². The number of nitrogens with zero attached hydrogens (tertiary/aromatic N) is 3. The molecule has 2 aromatic heterocycles. The van der Waals surface area contributed by atoms with Crippen LogP contribution in [0.15, 0.2) is 77.9 Å². The second-order valence-corrected chi connectivity index (χ2v) is 6.49. The zero-order valence-corrected chi connectivity index (χ0v) is 15.6. The summed E-state index contributed by atoms with van der Waals surface area (Å²) in [5, 5.41) is 12.5. The molecule has 0 atom stereocenters. The van der Waals surface area contributed by atoms with E-state index in [4.69, 9.17) is 4.74 Å². The minimum Gasteiger partial charge on any atom is -0.497 e. The molecule has 0 aliphatic carbocycles. The summed E-state index contributed by atoms with van der Waals surface area (Å²) in [6.45, 7) is 0.409. The second-order valence-electron chi connectivity index (χ2n) is 6.49. The van der Waals surface area contributed by atoms with E-state index in [0.717, 1.165) is 11.3 Å². The fourth-order valence-corrected chi connectivity index (χ4v) is 3.33. The zero-order chi connectivity index (χ0) is 20.4. The van der Waals surface area contributed by atoms with E-state index in [2.05, 4.69) is 4.98 Å². The van der Waals surface area contributed by atoms with Gasteiger partial charge in [0, 0.05) is 29.4 Å². The van der Waals surface area contributed by atoms with Crippen molar-refractivity contribution in [1.82, 2.24) is 9.55 Å². The Kier molecular flexibility index (Phi) is 4.78. The Morgan fingerprint density at radius 3 is 2.55 bits per heavy atom. The predicted molar refractivity (Wildman–Crippen MR) is 110 cm³/mol. The van der Waals surface area contributed by atoms with E-state index in [-0.39, 0.29) is 16.9 Å². The van der Waals surface area contributed by atoms with Gasteiger partial charge >= 0.3 is 0 Å². The summed E-state index contributed by atoms with van der Waals surface area (Å²) in [7, 11) is 1.60. The summed E-state index contributed by atoms with van der Waals surface area (Å²) in [4.78, 5) is 28.2. The molecule has 0 amide bonds. The minimum absolute atomic E-state index is 0.0950. The third-order valence-corrected chi connectivity index (χ3v) is 4.77. The lowest BCUT2D eigenvalue weighted by atomic mass is 10.0. The Hall–Kier alpha value is -4.00. The average molecular weight is 387 g/mol. The lowest BCUT2D eigenvalue weighted by molar-refractivity contribution is -0.384. The fourth-order valence-electron chi connectivity index (χ4n) is 3.33. The van der Waals surface area contributed by atoms with Gasteiger partial charge < -0.3 is 9.30 Å². The van der Waals surface area contributed by atoms with E-state index in [1.165, 1.54) is 18.3 Å². The van der Waals surface area contributed by atoms with Crippen LogP contribution in [-0.2, 0) is 6.54 Å². The first-order valence-corrected chi connectivity index (χ1v) is 8.93. The molecule has 0 bridgehead atoms. The van der Waals surface area contributed by atoms with Gasteiger partial charge in [0.25, 0.3) is 11.2 Å². The first kappa shape index (κ1) is 18.4. The van der Waals surface area contributed by atoms with Crippen LogP contribution in [0.5, 0.6) is 5.75 Å². The summed E-state index contributed by atoms with van der Waals surface area (Å²) >= 11 is 0. The number of ether oxygens (including phenoxy) is 1. The van der Waals surface area contributed by atoms with Gasteiger partial charge in [-0.1, -0.05) is 24.3 Å². The van der Waals surface area contributed by atoms with Crippen molar-refractivity contribution < 1.29 is 9.66 Å². The van der Waals surface area contributed by atoms with E-state index in [0.29, 0.717) is 22.9 Å². The van der Waals surface area contributed by atoms with Crippen molar-refractivity contribution in [3.63, 3.8) is 0 Å². The molecule has 4 aromatic rings. The Morgan fingerprint density at radius 1 is 1.03 bits per heavy atom. The summed E-state index contributed by atoms with van der Waals surface area (Å²) in [5.41, 5.74) is 1.50. The van der Waals surface area contributed by atoms with Gasteiger partial charge in [0.2, 0.25) is 0 Å². The Bertz CT molecular complexity index is 1260. The van der Waals surface area contributed by atoms with Crippen LogP contribution in [-0.4, -0.2) is 21.6 Å². The first-order chi connectivity index (χ1) is 14.1. The molecular formula is C22H17N3O4. The van der Waals surface area contributed by atoms with Crippen molar-refractivity contribution in [1.29, 1.82) is 0 Å². The van der Waals surface area contributed by atoms with Crippen molar-refractivity contribution >= 4 is 16.5 Å². The normalized spacial score (nSPS) is 10.8. The third kappa shape index (κ3) is 3.45. The standard InChI is InChI=1S/C22H17N3O4/c1-29-16-9-7-15(8-10-16)14-24-13-11-17-18(4-2-5-19(17)22(24)26)21-20(25(27)28)6-3-12-23-21/h2-13H,14H2,1H3. The van der Waals surface area contributed by atoms with Crippen LogP contribution in [0.4, 0.5) is 5.69 Å². The maximum atomic E-state index is 13.0. The van der Waals surface area contributed by atoms with Crippen molar-refractivity contribution in [3.8, 4) is 17.0 Å². The predicted octanol–water partition coefficient (Wildman–Crippen LogP) is 4.03. The molecule has 0 radical (unpaired) electrons. The van der Waals surface area contributed by atoms with Crippen molar-refractivity contribution in [2.24, 2.45) is 0 Å². The number of hydrogen-bond donors (Lipinski definition) is 0. The molecule has 0 saturated heterocycles. The van der Waals surface area contributed by atoms with E-state index >= 15 is 0 Å². The molecular weight excluding hydrogens is 370 g/mol. The maximum Gasteiger partial charge on any atom is 0.295 e. The highest BCUT2D eigenvalue weighted by Crippen LogP contribution is 2.32. The van der Waals surface area contributed by atoms with Gasteiger partial charge in [-0.25, -0.2) is 4.98 Å². The van der Waals surface area contributed by atoms with Gasteiger partial charge in [0.15, 0.2) is 0 Å². The maximum absolute atomic E-state index is 13.0. The Morgan fingerprint density at radius 2 is 1.83 bits per heavy atom. The molecule has 0 spiro atoms. The van der Waals surface area contributed by atoms with E-state index < -0.39 is 4.92 Å². The van der Waals surface area contributed by atoms with Crippen LogP contribution < -0.4 is 10.3 Å². The highest BCUT2D eigenvalue weighted by Gasteiger charge is 2.18. The molecule has 144 valence electrons. The lowest BCUT2D eigenvalue weighted by Gasteiger charge is -2.11. The minimum atomic E-state index is -0.466. The van der Waals surface area contributed by atoms with Crippen molar-refractivity contribution in [3.05, 3.63) is 99.1 Å². The Labute approximate surface area is 166 Å². The molecule has 2 aromatic carbocycles. The van der Waals surface area contributed by atoms with Gasteiger partial charge in [-0.15, -0.1) is 0 Å². The zero-order valence-electron chi connectivity index (χ0n) is 15.6. The number of pyridine rings is 2. The summed E-state index contributed by atoms with van der Waals surface area (Å²) in [6.07, 6.45) is 3.21. The van der Waals surface area contributed by atoms with Crippen molar-refractivity contribution in [2.45, 2.75) is 6.54 Å². The summed E-state index contributed by atoms with van der Waals surface area (Å²) in [6, 6.07) is 17.4. The van der Waals surface area contributed by atoms with Gasteiger partial charge in [0.05, 0.1) is 18.6 Å². The molecule has 0 saturated carbocycles. The van der Waals surface area contributed by atoms with Crippen molar-refractivity contribution in [2.75, 3.05) is 7.11 Å². The summed E-state index contributed by atoms with van der Waals surface area (Å²) < 4.78 is 6.77. The topological polar surface area (TPSA) is 87.3 Å². The average Bonchev–Trinajstić information content (AvgIpc) is 2.76. The molecule has 7 heteroatoms. The highest BCUT2D eigenvalue weighted by atomic mass is 16.6. The van der Waals surface area contributed by atoms with E-state index in [9.17, 15) is 14.9 Å². The molecule has 7 nitrogen and oxygen atoms in total. The molecule has 0 aliphatic rings. The fraction of sp³-hybridized carbons (Fsp3) is 0.0909. The van der Waals surface area contributed by atoms with E-state index in [1.807, 2.05) is 24.3 Å². The molecule has 29 heavy (non-hydrogen) atoms. The first-order valence-electron chi connectivity index (χ1n) is 8.93. The van der Waals surface area contributed by atoms with Crippen LogP contribution in [0.3, 0.4) is 0 Å². The Balaban J connectivity index is 1.81. The number of aromatic nitrogens is 2. The highest BCUT2D eigenvalue weighted by molar-refractivity contribution is 5.97. The molecule has 0 aliphatic heterocycles. The number of hydrogen-bond acceptors (Lipinski definition) is 5. The van der Waals surface area contributed by atoms with Crippen LogP contribution >= 0.6 is 0 Å². The smallest absolute Gasteiger partial charge is 0.295 e. The number of methoxy groups -OCH3 is 1. The van der Waals surface area contributed by atoms with E-state index in [1.54, 1.807) is 42.1 Å². The molecule has 0 N–H and O–H groups in total. The number of benzene rings is 2. The number of fused-ring (bicyclic) bond motifs is 1. The second kappa shape index (κ2) is 7.55. The van der Waals surface area contributed by atoms with Gasteiger partial charge in [-0.2, -0.15) is 0 Å². The lowest BCUT2D eigenvalue weighted by Crippen LogP contribution is -2.20. The summed E-state index contributed by atoms with van der Waals surface area (Å²) in [5.74, 6) is 0.751. The quantitative estimate of drug-likeness (QED) is 0.381. The number of nitro groups is 1. The van der Waals surface area contributed by atoms with Crippen LogP contribution in [0, 0.1) is 10.1 Å². The monoisotopic (exact) mass is 387 g/mol. The largest absolute Gasteiger partial charge is 0.497 e. The van der Waals surface area contributed by atoms with Gasteiger partial charge in [-0.3, -0.25) is 14.9 Å². The van der Waals surface area contributed by atoms with Gasteiger partial charge in [-0.05, 0) is 41.3 Å². The molecule has 0 unspecified atom stereocenters. The molecule has 2 heterocycles. The van der Waals surface area contributed by atoms with Gasteiger partial charge in [0.1, 0.15) is 11.4 Å². The molecule has 0 fully saturated rings. The SMILES string of the molecule is COc1ccc(Cn2ccc3c(-c4ncccc4[N+](=O)[O-])cccc3c2=O)cc1. The third-order valence-electron chi connectivity index (χ3n) is 4.77. The molecule has 4 rings (SSSR count). The number of rotatable bonds is 5. The van der Waals surface area contributed by atoms with Crippen LogP contribution in [0.1, 0.15) is 5.56 Å².